The zero-order valence-electron chi connectivity index (χ0n) is 54.1. The fraction of sp³-hybridized carbons (Fsp3) is 0.800. The summed E-state index contributed by atoms with van der Waals surface area (Å²) in [5.74, 6) is -0.864. The maximum Gasteiger partial charge on any atom is 0.306 e. The molecule has 6 nitrogen and oxygen atoms in total. The summed E-state index contributed by atoms with van der Waals surface area (Å²) in [5.41, 5.74) is 0. The Balaban J connectivity index is 4.29. The zero-order valence-corrected chi connectivity index (χ0v) is 54.1. The molecule has 0 spiro atoms. The van der Waals surface area contributed by atoms with Gasteiger partial charge >= 0.3 is 17.9 Å². The first kappa shape index (κ1) is 77.9. The number of unbranched alkanes of at least 4 members (excludes halogenated alkanes) is 42. The smallest absolute Gasteiger partial charge is 0.306 e. The molecule has 0 radical (unpaired) electrons. The standard InChI is InChI=1S/C75H134O6/c1-4-7-10-13-16-19-22-25-27-29-31-33-35-36-37-38-40-41-43-45-47-50-53-56-59-62-65-68-74(77)80-71-72(70-79-73(76)67-64-61-58-55-52-49-24-21-18-15-12-9-6-3)81-75(78)69-66-63-60-57-54-51-48-46-44-42-39-34-32-30-28-26-23-20-17-14-11-8-5-2/h22-23,25-26,29-32,35-36,39,42,72H,4-21,24,27-28,33-34,37-38,40-41,43-71H2,1-3H3/b25-22-,26-23-,31-29-,32-30-,36-35-,42-39-. The third-order valence-electron chi connectivity index (χ3n) is 15.7. The lowest BCUT2D eigenvalue weighted by atomic mass is 10.0. The summed E-state index contributed by atoms with van der Waals surface area (Å²) in [6.07, 6.45) is 90.6. The minimum Gasteiger partial charge on any atom is -0.462 e. The number of allylic oxidation sites excluding steroid dienone is 12. The maximum atomic E-state index is 13.0. The third-order valence-corrected chi connectivity index (χ3v) is 15.7. The van der Waals surface area contributed by atoms with Gasteiger partial charge in [-0.3, -0.25) is 14.4 Å². The number of esters is 3. The molecule has 0 aliphatic carbocycles. The van der Waals surface area contributed by atoms with Crippen LogP contribution in [0.2, 0.25) is 0 Å². The zero-order chi connectivity index (χ0) is 58.5. The van der Waals surface area contributed by atoms with Crippen molar-refractivity contribution in [1.29, 1.82) is 0 Å². The number of hydrogen-bond acceptors (Lipinski definition) is 6. The molecule has 0 saturated heterocycles. The number of carbonyl (C=O) groups is 3. The molecule has 470 valence electrons. The van der Waals surface area contributed by atoms with Crippen molar-refractivity contribution in [3.63, 3.8) is 0 Å². The second-order valence-corrected chi connectivity index (χ2v) is 23.8. The first-order valence-corrected chi connectivity index (χ1v) is 35.4. The molecule has 6 heteroatoms. The highest BCUT2D eigenvalue weighted by atomic mass is 16.6. The summed E-state index contributed by atoms with van der Waals surface area (Å²) >= 11 is 0. The summed E-state index contributed by atoms with van der Waals surface area (Å²) < 4.78 is 17.0. The van der Waals surface area contributed by atoms with Crippen LogP contribution in [0.4, 0.5) is 0 Å². The van der Waals surface area contributed by atoms with E-state index in [9.17, 15) is 14.4 Å². The Morgan fingerprint density at radius 3 is 0.691 bits per heavy atom. The minimum absolute atomic E-state index is 0.0751. The Morgan fingerprint density at radius 1 is 0.247 bits per heavy atom. The average Bonchev–Trinajstić information content (AvgIpc) is 3.46. The lowest BCUT2D eigenvalue weighted by Gasteiger charge is -2.18. The van der Waals surface area contributed by atoms with Crippen molar-refractivity contribution in [1.82, 2.24) is 0 Å². The maximum absolute atomic E-state index is 13.0. The second-order valence-electron chi connectivity index (χ2n) is 23.8. The molecule has 0 aromatic heterocycles. The number of ether oxygens (including phenoxy) is 3. The highest BCUT2D eigenvalue weighted by Gasteiger charge is 2.19. The van der Waals surface area contributed by atoms with Gasteiger partial charge in [0.1, 0.15) is 13.2 Å². The molecule has 0 saturated carbocycles. The van der Waals surface area contributed by atoms with Crippen molar-refractivity contribution >= 4 is 17.9 Å². The van der Waals surface area contributed by atoms with Crippen molar-refractivity contribution in [2.24, 2.45) is 0 Å². The van der Waals surface area contributed by atoms with Crippen molar-refractivity contribution in [3.8, 4) is 0 Å². The summed E-state index contributed by atoms with van der Waals surface area (Å²) in [7, 11) is 0. The summed E-state index contributed by atoms with van der Waals surface area (Å²) in [6, 6.07) is 0. The van der Waals surface area contributed by atoms with Gasteiger partial charge in [-0.2, -0.15) is 0 Å². The van der Waals surface area contributed by atoms with E-state index in [0.29, 0.717) is 19.3 Å². The average molecular weight is 1130 g/mol. The van der Waals surface area contributed by atoms with Gasteiger partial charge in [-0.05, 0) is 96.3 Å². The van der Waals surface area contributed by atoms with Crippen LogP contribution < -0.4 is 0 Å². The van der Waals surface area contributed by atoms with Gasteiger partial charge in [0.15, 0.2) is 6.10 Å². The van der Waals surface area contributed by atoms with Crippen LogP contribution in [0.1, 0.15) is 367 Å². The normalized spacial score (nSPS) is 12.5. The Hall–Kier alpha value is -3.15. The van der Waals surface area contributed by atoms with E-state index in [1.165, 1.54) is 238 Å². The summed E-state index contributed by atoms with van der Waals surface area (Å²) in [4.78, 5) is 38.4. The predicted molar refractivity (Wildman–Crippen MR) is 353 cm³/mol. The van der Waals surface area contributed by atoms with Crippen molar-refractivity contribution < 1.29 is 28.6 Å². The molecule has 1 atom stereocenters. The number of carbonyl (C=O) groups excluding carboxylic acids is 3. The molecule has 81 heavy (non-hydrogen) atoms. The van der Waals surface area contributed by atoms with Gasteiger partial charge in [0.05, 0.1) is 0 Å². The fourth-order valence-electron chi connectivity index (χ4n) is 10.3. The van der Waals surface area contributed by atoms with Crippen LogP contribution in [0.5, 0.6) is 0 Å². The van der Waals surface area contributed by atoms with Gasteiger partial charge in [0, 0.05) is 19.3 Å². The molecule has 0 fully saturated rings. The van der Waals surface area contributed by atoms with Gasteiger partial charge in [-0.15, -0.1) is 0 Å². The van der Waals surface area contributed by atoms with Gasteiger partial charge < -0.3 is 14.2 Å². The van der Waals surface area contributed by atoms with Crippen LogP contribution in [-0.4, -0.2) is 37.2 Å². The first-order valence-electron chi connectivity index (χ1n) is 35.4. The van der Waals surface area contributed by atoms with Crippen molar-refractivity contribution in [3.05, 3.63) is 72.9 Å². The van der Waals surface area contributed by atoms with E-state index in [-0.39, 0.29) is 31.1 Å². The van der Waals surface area contributed by atoms with E-state index in [2.05, 4.69) is 93.7 Å². The van der Waals surface area contributed by atoms with E-state index >= 15 is 0 Å². The van der Waals surface area contributed by atoms with Crippen LogP contribution in [-0.2, 0) is 28.6 Å². The van der Waals surface area contributed by atoms with Crippen LogP contribution in [0.15, 0.2) is 72.9 Å². The van der Waals surface area contributed by atoms with Crippen LogP contribution in [0, 0.1) is 0 Å². The molecule has 0 amide bonds. The minimum atomic E-state index is -0.780. The largest absolute Gasteiger partial charge is 0.462 e. The molecule has 0 N–H and O–H groups in total. The molecule has 0 rings (SSSR count). The fourth-order valence-corrected chi connectivity index (χ4v) is 10.3. The Bertz CT molecular complexity index is 1490. The van der Waals surface area contributed by atoms with Crippen LogP contribution >= 0.6 is 0 Å². The molecule has 0 aliphatic rings. The lowest BCUT2D eigenvalue weighted by molar-refractivity contribution is -0.167. The second kappa shape index (κ2) is 69.3. The molecule has 0 aromatic rings. The van der Waals surface area contributed by atoms with Crippen molar-refractivity contribution in [2.45, 2.75) is 374 Å². The van der Waals surface area contributed by atoms with Gasteiger partial charge in [0.25, 0.3) is 0 Å². The summed E-state index contributed by atoms with van der Waals surface area (Å²) in [6.45, 7) is 6.66. The molecule has 0 aliphatic heterocycles. The highest BCUT2D eigenvalue weighted by molar-refractivity contribution is 5.71. The molecular formula is C75H134O6. The number of rotatable bonds is 65. The monoisotopic (exact) mass is 1130 g/mol. The van der Waals surface area contributed by atoms with Gasteiger partial charge in [-0.25, -0.2) is 0 Å². The Kier molecular flexibility index (Phi) is 66.6. The van der Waals surface area contributed by atoms with E-state index < -0.39 is 6.10 Å². The van der Waals surface area contributed by atoms with E-state index in [1.54, 1.807) is 0 Å². The Morgan fingerprint density at radius 2 is 0.444 bits per heavy atom. The highest BCUT2D eigenvalue weighted by Crippen LogP contribution is 2.17. The Labute approximate surface area is 503 Å². The first-order chi connectivity index (χ1) is 40.0. The molecular weight excluding hydrogens is 997 g/mol. The molecule has 0 aromatic carbocycles. The van der Waals surface area contributed by atoms with E-state index in [4.69, 9.17) is 14.2 Å². The predicted octanol–water partition coefficient (Wildman–Crippen LogP) is 24.4. The molecule has 0 bridgehead atoms. The van der Waals surface area contributed by atoms with Gasteiger partial charge in [0.2, 0.25) is 0 Å². The van der Waals surface area contributed by atoms with Crippen LogP contribution in [0.25, 0.3) is 0 Å². The SMILES string of the molecule is CCCCCCC/C=C\C/C=C\C/C=C\CCCCCCCCCCCCCCC(=O)OCC(COC(=O)CCCCCCCCCCCCCCC)OC(=O)CCCCCCCCCC/C=C\C/C=C\C/C=C\CCCCCCC. The quantitative estimate of drug-likeness (QED) is 0.0261. The lowest BCUT2D eigenvalue weighted by Crippen LogP contribution is -2.30. The third kappa shape index (κ3) is 67.5. The van der Waals surface area contributed by atoms with E-state index in [0.717, 1.165) is 89.9 Å². The topological polar surface area (TPSA) is 78.9 Å². The van der Waals surface area contributed by atoms with Crippen molar-refractivity contribution in [2.75, 3.05) is 13.2 Å². The van der Waals surface area contributed by atoms with E-state index in [1.807, 2.05) is 0 Å². The summed E-state index contributed by atoms with van der Waals surface area (Å²) in [5, 5.41) is 0. The molecule has 0 heterocycles. The van der Waals surface area contributed by atoms with Crippen LogP contribution in [0.3, 0.4) is 0 Å². The van der Waals surface area contributed by atoms with Gasteiger partial charge in [-0.1, -0.05) is 325 Å². The molecule has 1 unspecified atom stereocenters. The number of hydrogen-bond donors (Lipinski definition) is 0.